The highest BCUT2D eigenvalue weighted by Crippen LogP contribution is 2.17. The summed E-state index contributed by atoms with van der Waals surface area (Å²) < 4.78 is 10.3. The minimum Gasteiger partial charge on any atom is -0.482 e. The molecule has 1 aliphatic carbocycles. The van der Waals surface area contributed by atoms with Crippen LogP contribution in [0.2, 0.25) is 0 Å². The fourth-order valence-corrected chi connectivity index (χ4v) is 3.30. The first kappa shape index (κ1) is 20.6. The monoisotopic (exact) mass is 395 g/mol. The number of carbonyl (C=O) groups excluding carboxylic acids is 3. The highest BCUT2D eigenvalue weighted by Gasteiger charge is 2.17. The number of nitrogens with one attached hydrogen (secondary N) is 1. The Bertz CT molecular complexity index is 826. The lowest BCUT2D eigenvalue weighted by Gasteiger charge is -2.22. The van der Waals surface area contributed by atoms with Crippen LogP contribution >= 0.6 is 0 Å². The number of ketones is 1. The number of hydrogen-bond donors (Lipinski definition) is 1. The number of hydrogen-bond acceptors (Lipinski definition) is 5. The second-order valence-electron chi connectivity index (χ2n) is 7.07. The Balaban J connectivity index is 1.39. The van der Waals surface area contributed by atoms with Crippen molar-refractivity contribution in [2.75, 3.05) is 13.2 Å². The predicted octanol–water partition coefficient (Wildman–Crippen LogP) is 3.29. The number of esters is 1. The maximum absolute atomic E-state index is 12.4. The first-order valence-corrected chi connectivity index (χ1v) is 9.89. The third-order valence-electron chi connectivity index (χ3n) is 4.84. The summed E-state index contributed by atoms with van der Waals surface area (Å²) >= 11 is 0. The van der Waals surface area contributed by atoms with Crippen LogP contribution in [0.4, 0.5) is 0 Å². The summed E-state index contributed by atoms with van der Waals surface area (Å²) in [6.07, 6.45) is 5.40. The SMILES string of the molecule is O=C(COC(=O)COc1ccc(C(=O)c2ccccc2)cc1)NC1CCCCC1. The van der Waals surface area contributed by atoms with Crippen LogP contribution in [0.5, 0.6) is 5.75 Å². The van der Waals surface area contributed by atoms with Gasteiger partial charge in [0.2, 0.25) is 0 Å². The normalized spacial score (nSPS) is 14.1. The fourth-order valence-electron chi connectivity index (χ4n) is 3.30. The van der Waals surface area contributed by atoms with Crippen molar-refractivity contribution < 1.29 is 23.9 Å². The molecule has 1 fully saturated rings. The molecule has 0 unspecified atom stereocenters. The number of amides is 1. The van der Waals surface area contributed by atoms with Crippen LogP contribution in [0.3, 0.4) is 0 Å². The summed E-state index contributed by atoms with van der Waals surface area (Å²) in [5.41, 5.74) is 1.14. The van der Waals surface area contributed by atoms with Gasteiger partial charge in [0, 0.05) is 17.2 Å². The van der Waals surface area contributed by atoms with Crippen molar-refractivity contribution in [2.24, 2.45) is 0 Å². The van der Waals surface area contributed by atoms with E-state index in [0.717, 1.165) is 25.7 Å². The summed E-state index contributed by atoms with van der Waals surface area (Å²) in [5.74, 6) is -0.541. The molecule has 1 saturated carbocycles. The molecule has 6 heteroatoms. The van der Waals surface area contributed by atoms with Gasteiger partial charge in [-0.15, -0.1) is 0 Å². The Morgan fingerprint density at radius 2 is 1.48 bits per heavy atom. The smallest absolute Gasteiger partial charge is 0.344 e. The number of ether oxygens (including phenoxy) is 2. The van der Waals surface area contributed by atoms with Crippen LogP contribution in [-0.4, -0.2) is 36.9 Å². The Hall–Kier alpha value is -3.15. The van der Waals surface area contributed by atoms with Crippen LogP contribution in [-0.2, 0) is 14.3 Å². The summed E-state index contributed by atoms with van der Waals surface area (Å²) in [4.78, 5) is 36.0. The highest BCUT2D eigenvalue weighted by atomic mass is 16.6. The van der Waals surface area contributed by atoms with E-state index in [4.69, 9.17) is 9.47 Å². The standard InChI is InChI=1S/C23H25NO5/c25-21(24-19-9-5-2-6-10-19)15-29-22(26)16-28-20-13-11-18(12-14-20)23(27)17-7-3-1-4-8-17/h1,3-4,7-8,11-14,19H,2,5-6,9-10,15-16H2,(H,24,25). The van der Waals surface area contributed by atoms with E-state index in [-0.39, 0.29) is 30.9 Å². The largest absolute Gasteiger partial charge is 0.482 e. The number of benzene rings is 2. The van der Waals surface area contributed by atoms with Crippen LogP contribution in [0, 0.1) is 0 Å². The quantitative estimate of drug-likeness (QED) is 0.548. The van der Waals surface area contributed by atoms with Gasteiger partial charge in [-0.25, -0.2) is 4.79 Å². The van der Waals surface area contributed by atoms with Crippen LogP contribution in [0.15, 0.2) is 54.6 Å². The van der Waals surface area contributed by atoms with Gasteiger partial charge in [0.15, 0.2) is 19.0 Å². The Morgan fingerprint density at radius 3 is 2.17 bits per heavy atom. The zero-order valence-corrected chi connectivity index (χ0v) is 16.3. The molecule has 1 amide bonds. The fraction of sp³-hybridized carbons (Fsp3) is 0.348. The van der Waals surface area contributed by atoms with Gasteiger partial charge in [0.1, 0.15) is 5.75 Å². The van der Waals surface area contributed by atoms with E-state index in [9.17, 15) is 14.4 Å². The van der Waals surface area contributed by atoms with Crippen LogP contribution < -0.4 is 10.1 Å². The van der Waals surface area contributed by atoms with E-state index in [2.05, 4.69) is 5.32 Å². The average molecular weight is 395 g/mol. The molecule has 152 valence electrons. The Morgan fingerprint density at radius 1 is 0.828 bits per heavy atom. The Kier molecular flexibility index (Phi) is 7.39. The minimum absolute atomic E-state index is 0.0828. The topological polar surface area (TPSA) is 81.7 Å². The summed E-state index contributed by atoms with van der Waals surface area (Å²) in [5, 5.41) is 2.89. The van der Waals surface area contributed by atoms with Crippen LogP contribution in [0.25, 0.3) is 0 Å². The van der Waals surface area contributed by atoms with E-state index in [1.807, 2.05) is 18.2 Å². The average Bonchev–Trinajstić information content (AvgIpc) is 2.77. The minimum atomic E-state index is -0.617. The van der Waals surface area contributed by atoms with Crippen molar-refractivity contribution in [2.45, 2.75) is 38.1 Å². The van der Waals surface area contributed by atoms with E-state index >= 15 is 0 Å². The van der Waals surface area contributed by atoms with Crippen molar-refractivity contribution >= 4 is 17.7 Å². The van der Waals surface area contributed by atoms with Gasteiger partial charge in [-0.3, -0.25) is 9.59 Å². The number of carbonyl (C=O) groups is 3. The Labute approximate surface area is 170 Å². The summed E-state index contributed by atoms with van der Waals surface area (Å²) in [7, 11) is 0. The molecule has 1 N–H and O–H groups in total. The second-order valence-corrected chi connectivity index (χ2v) is 7.07. The van der Waals surface area contributed by atoms with Crippen molar-refractivity contribution in [3.63, 3.8) is 0 Å². The van der Waals surface area contributed by atoms with E-state index in [0.29, 0.717) is 16.9 Å². The van der Waals surface area contributed by atoms with Crippen LogP contribution in [0.1, 0.15) is 48.0 Å². The molecule has 2 aromatic carbocycles. The van der Waals surface area contributed by atoms with Crippen molar-refractivity contribution in [3.8, 4) is 5.75 Å². The lowest BCUT2D eigenvalue weighted by molar-refractivity contribution is -0.150. The first-order chi connectivity index (χ1) is 14.1. The molecule has 0 bridgehead atoms. The third-order valence-corrected chi connectivity index (χ3v) is 4.84. The van der Waals surface area contributed by atoms with Gasteiger partial charge in [-0.2, -0.15) is 0 Å². The highest BCUT2D eigenvalue weighted by molar-refractivity contribution is 6.08. The molecule has 0 saturated heterocycles. The molecule has 0 aromatic heterocycles. The van der Waals surface area contributed by atoms with E-state index < -0.39 is 5.97 Å². The second kappa shape index (κ2) is 10.4. The molecular formula is C23H25NO5. The first-order valence-electron chi connectivity index (χ1n) is 9.89. The van der Waals surface area contributed by atoms with E-state index in [1.54, 1.807) is 36.4 Å². The molecule has 3 rings (SSSR count). The van der Waals surface area contributed by atoms with Gasteiger partial charge >= 0.3 is 5.97 Å². The molecular weight excluding hydrogens is 370 g/mol. The molecule has 29 heavy (non-hydrogen) atoms. The molecule has 0 atom stereocenters. The van der Waals surface area contributed by atoms with Crippen molar-refractivity contribution in [1.29, 1.82) is 0 Å². The molecule has 0 spiro atoms. The molecule has 0 radical (unpaired) electrons. The van der Waals surface area contributed by atoms with Crippen molar-refractivity contribution in [3.05, 3.63) is 65.7 Å². The van der Waals surface area contributed by atoms with Gasteiger partial charge in [-0.05, 0) is 37.1 Å². The lowest BCUT2D eigenvalue weighted by atomic mass is 9.95. The van der Waals surface area contributed by atoms with Gasteiger partial charge in [-0.1, -0.05) is 49.6 Å². The summed E-state index contributed by atoms with van der Waals surface area (Å²) in [6, 6.07) is 15.7. The lowest BCUT2D eigenvalue weighted by Crippen LogP contribution is -2.39. The van der Waals surface area contributed by atoms with Crippen molar-refractivity contribution in [1.82, 2.24) is 5.32 Å². The van der Waals surface area contributed by atoms with E-state index in [1.165, 1.54) is 6.42 Å². The molecule has 2 aromatic rings. The third kappa shape index (κ3) is 6.45. The molecule has 0 aliphatic heterocycles. The zero-order valence-electron chi connectivity index (χ0n) is 16.3. The zero-order chi connectivity index (χ0) is 20.5. The molecule has 0 heterocycles. The van der Waals surface area contributed by atoms with Gasteiger partial charge in [0.05, 0.1) is 0 Å². The maximum Gasteiger partial charge on any atom is 0.344 e. The molecule has 6 nitrogen and oxygen atoms in total. The maximum atomic E-state index is 12.4. The predicted molar refractivity (Wildman–Crippen MR) is 108 cm³/mol. The summed E-state index contributed by atoms with van der Waals surface area (Å²) in [6.45, 7) is -0.605. The number of rotatable bonds is 8. The van der Waals surface area contributed by atoms with Gasteiger partial charge in [0.25, 0.3) is 5.91 Å². The van der Waals surface area contributed by atoms with Gasteiger partial charge < -0.3 is 14.8 Å². The molecule has 1 aliphatic rings.